The van der Waals surface area contributed by atoms with Gasteiger partial charge in [-0.3, -0.25) is 4.90 Å². The van der Waals surface area contributed by atoms with Crippen LogP contribution < -0.4 is 5.32 Å². The first kappa shape index (κ1) is 10.7. The quantitative estimate of drug-likeness (QED) is 0.822. The zero-order valence-electron chi connectivity index (χ0n) is 10.1. The Hall–Kier alpha value is -1.39. The van der Waals surface area contributed by atoms with Gasteiger partial charge < -0.3 is 10.3 Å². The molecule has 2 N–H and O–H groups in total. The topological polar surface area (TPSA) is 44.0 Å². The smallest absolute Gasteiger partial charge is 0.137 e. The number of nitrogens with one attached hydrogen (secondary N) is 2. The van der Waals surface area contributed by atoms with E-state index in [-0.39, 0.29) is 0 Å². The summed E-state index contributed by atoms with van der Waals surface area (Å²) in [7, 11) is 0. The molecule has 17 heavy (non-hydrogen) atoms. The zero-order chi connectivity index (χ0) is 11.7. The molecule has 0 aromatic carbocycles. The van der Waals surface area contributed by atoms with Crippen molar-refractivity contribution in [2.75, 3.05) is 26.2 Å². The van der Waals surface area contributed by atoms with E-state index in [1.807, 2.05) is 12.4 Å². The molecular weight excluding hydrogens is 212 g/mol. The standard InChI is InChI=1S/C13H18N4/c1-10(17-8-6-14-7-9-17)11-2-4-15-13-12(11)3-5-16-13/h2-5,10,14H,6-9H2,1H3,(H,15,16). The minimum atomic E-state index is 0.457. The lowest BCUT2D eigenvalue weighted by Crippen LogP contribution is -2.44. The molecule has 0 aliphatic carbocycles. The van der Waals surface area contributed by atoms with Gasteiger partial charge in [0.2, 0.25) is 0 Å². The second-order valence-corrected chi connectivity index (χ2v) is 4.60. The molecule has 2 aromatic rings. The second-order valence-electron chi connectivity index (χ2n) is 4.60. The van der Waals surface area contributed by atoms with Crippen molar-refractivity contribution in [3.05, 3.63) is 30.1 Å². The third-order valence-corrected chi connectivity index (χ3v) is 3.64. The van der Waals surface area contributed by atoms with Crippen LogP contribution >= 0.6 is 0 Å². The van der Waals surface area contributed by atoms with Crippen molar-refractivity contribution >= 4 is 11.0 Å². The Kier molecular flexibility index (Phi) is 2.82. The molecule has 3 heterocycles. The van der Waals surface area contributed by atoms with Crippen LogP contribution in [0.15, 0.2) is 24.5 Å². The molecule has 2 aromatic heterocycles. The number of aromatic amines is 1. The van der Waals surface area contributed by atoms with E-state index in [4.69, 9.17) is 0 Å². The first-order valence-corrected chi connectivity index (χ1v) is 6.23. The Morgan fingerprint density at radius 1 is 1.29 bits per heavy atom. The van der Waals surface area contributed by atoms with Gasteiger partial charge in [-0.15, -0.1) is 0 Å². The molecule has 4 nitrogen and oxygen atoms in total. The van der Waals surface area contributed by atoms with Crippen molar-refractivity contribution in [3.63, 3.8) is 0 Å². The first-order valence-electron chi connectivity index (χ1n) is 6.23. The van der Waals surface area contributed by atoms with Gasteiger partial charge in [-0.2, -0.15) is 0 Å². The van der Waals surface area contributed by atoms with Gasteiger partial charge in [-0.1, -0.05) is 0 Å². The number of pyridine rings is 1. The summed E-state index contributed by atoms with van der Waals surface area (Å²) in [6, 6.07) is 4.72. The number of hydrogen-bond acceptors (Lipinski definition) is 3. The molecule has 1 aliphatic rings. The molecule has 0 spiro atoms. The average Bonchev–Trinajstić information content (AvgIpc) is 2.87. The van der Waals surface area contributed by atoms with Gasteiger partial charge in [-0.25, -0.2) is 4.98 Å². The maximum absolute atomic E-state index is 4.34. The fourth-order valence-electron chi connectivity index (χ4n) is 2.61. The van der Waals surface area contributed by atoms with Gasteiger partial charge in [-0.05, 0) is 24.6 Å². The number of nitrogens with zero attached hydrogens (tertiary/aromatic N) is 2. The summed E-state index contributed by atoms with van der Waals surface area (Å²) in [5, 5.41) is 4.64. The molecule has 1 unspecified atom stereocenters. The highest BCUT2D eigenvalue weighted by Crippen LogP contribution is 2.26. The van der Waals surface area contributed by atoms with Crippen molar-refractivity contribution in [1.29, 1.82) is 0 Å². The fraction of sp³-hybridized carbons (Fsp3) is 0.462. The van der Waals surface area contributed by atoms with Gasteiger partial charge in [0.1, 0.15) is 5.65 Å². The maximum atomic E-state index is 4.34. The predicted octanol–water partition coefficient (Wildman–Crippen LogP) is 1.53. The SMILES string of the molecule is CC(c1ccnc2[nH]ccc12)N1CCNCC1. The van der Waals surface area contributed by atoms with E-state index in [1.54, 1.807) is 0 Å². The van der Waals surface area contributed by atoms with Crippen molar-refractivity contribution in [2.24, 2.45) is 0 Å². The lowest BCUT2D eigenvalue weighted by atomic mass is 10.0. The molecule has 1 atom stereocenters. The Morgan fingerprint density at radius 2 is 2.12 bits per heavy atom. The monoisotopic (exact) mass is 230 g/mol. The van der Waals surface area contributed by atoms with Gasteiger partial charge in [0.15, 0.2) is 0 Å². The highest BCUT2D eigenvalue weighted by atomic mass is 15.2. The van der Waals surface area contributed by atoms with Crippen molar-refractivity contribution < 1.29 is 0 Å². The summed E-state index contributed by atoms with van der Waals surface area (Å²) in [5.74, 6) is 0. The van der Waals surface area contributed by atoms with Crippen LogP contribution in [0.2, 0.25) is 0 Å². The molecule has 0 radical (unpaired) electrons. The summed E-state index contributed by atoms with van der Waals surface area (Å²) >= 11 is 0. The highest BCUT2D eigenvalue weighted by molar-refractivity contribution is 5.79. The molecule has 1 fully saturated rings. The molecule has 0 bridgehead atoms. The molecule has 1 saturated heterocycles. The van der Waals surface area contributed by atoms with Crippen LogP contribution in [0.1, 0.15) is 18.5 Å². The zero-order valence-corrected chi connectivity index (χ0v) is 10.1. The van der Waals surface area contributed by atoms with E-state index < -0.39 is 0 Å². The molecule has 0 amide bonds. The molecular formula is C13H18N4. The number of fused-ring (bicyclic) bond motifs is 1. The Labute approximate surface area is 101 Å². The fourth-order valence-corrected chi connectivity index (χ4v) is 2.61. The van der Waals surface area contributed by atoms with E-state index in [2.05, 4.69) is 39.2 Å². The van der Waals surface area contributed by atoms with Crippen LogP contribution in [0.5, 0.6) is 0 Å². The van der Waals surface area contributed by atoms with Crippen molar-refractivity contribution in [1.82, 2.24) is 20.2 Å². The van der Waals surface area contributed by atoms with E-state index in [0.29, 0.717) is 6.04 Å². The molecule has 3 rings (SSSR count). The summed E-state index contributed by atoms with van der Waals surface area (Å²) in [6.07, 6.45) is 3.86. The Bertz CT molecular complexity index is 499. The average molecular weight is 230 g/mol. The van der Waals surface area contributed by atoms with E-state index in [0.717, 1.165) is 31.8 Å². The lowest BCUT2D eigenvalue weighted by Gasteiger charge is -2.33. The largest absolute Gasteiger partial charge is 0.346 e. The van der Waals surface area contributed by atoms with Gasteiger partial charge in [0, 0.05) is 50.0 Å². The first-order chi connectivity index (χ1) is 8.36. The van der Waals surface area contributed by atoms with Gasteiger partial charge >= 0.3 is 0 Å². The van der Waals surface area contributed by atoms with Gasteiger partial charge in [0.05, 0.1) is 0 Å². The molecule has 0 saturated carbocycles. The molecule has 90 valence electrons. The minimum Gasteiger partial charge on any atom is -0.346 e. The summed E-state index contributed by atoms with van der Waals surface area (Å²) in [6.45, 7) is 6.70. The van der Waals surface area contributed by atoms with Crippen LogP contribution in [0.3, 0.4) is 0 Å². The highest BCUT2D eigenvalue weighted by Gasteiger charge is 2.19. The van der Waals surface area contributed by atoms with E-state index >= 15 is 0 Å². The van der Waals surface area contributed by atoms with E-state index in [1.165, 1.54) is 10.9 Å². The Morgan fingerprint density at radius 3 is 2.94 bits per heavy atom. The predicted molar refractivity (Wildman–Crippen MR) is 69.0 cm³/mol. The number of H-pyrrole nitrogens is 1. The third kappa shape index (κ3) is 1.94. The summed E-state index contributed by atoms with van der Waals surface area (Å²) in [5.41, 5.74) is 2.36. The molecule has 1 aliphatic heterocycles. The number of hydrogen-bond donors (Lipinski definition) is 2. The van der Waals surface area contributed by atoms with Gasteiger partial charge in [0.25, 0.3) is 0 Å². The van der Waals surface area contributed by atoms with Crippen LogP contribution in [-0.4, -0.2) is 41.0 Å². The number of rotatable bonds is 2. The maximum Gasteiger partial charge on any atom is 0.137 e. The van der Waals surface area contributed by atoms with Crippen LogP contribution in [0.25, 0.3) is 11.0 Å². The molecule has 4 heteroatoms. The third-order valence-electron chi connectivity index (χ3n) is 3.64. The number of piperazine rings is 1. The second kappa shape index (κ2) is 4.47. The van der Waals surface area contributed by atoms with Crippen LogP contribution in [0, 0.1) is 0 Å². The van der Waals surface area contributed by atoms with Crippen LogP contribution in [0.4, 0.5) is 0 Å². The van der Waals surface area contributed by atoms with Crippen molar-refractivity contribution in [2.45, 2.75) is 13.0 Å². The summed E-state index contributed by atoms with van der Waals surface area (Å²) < 4.78 is 0. The minimum absolute atomic E-state index is 0.457. The van der Waals surface area contributed by atoms with Crippen LogP contribution in [-0.2, 0) is 0 Å². The summed E-state index contributed by atoms with van der Waals surface area (Å²) in [4.78, 5) is 10.0. The number of aromatic nitrogens is 2. The van der Waals surface area contributed by atoms with E-state index in [9.17, 15) is 0 Å². The van der Waals surface area contributed by atoms with Crippen molar-refractivity contribution in [3.8, 4) is 0 Å². The normalized spacial score (nSPS) is 19.6. The Balaban J connectivity index is 1.94. The lowest BCUT2D eigenvalue weighted by molar-refractivity contribution is 0.186.